The largest absolute Gasteiger partial charge is 0.366 e. The molecule has 4 nitrogen and oxygen atoms in total. The van der Waals surface area contributed by atoms with Gasteiger partial charge in [0.15, 0.2) is 0 Å². The van der Waals surface area contributed by atoms with E-state index >= 15 is 0 Å². The molecule has 90 valence electrons. The summed E-state index contributed by atoms with van der Waals surface area (Å²) in [6, 6.07) is 0.466. The van der Waals surface area contributed by atoms with Crippen LogP contribution in [0.25, 0.3) is 0 Å². The van der Waals surface area contributed by atoms with E-state index in [1.165, 1.54) is 0 Å². The van der Waals surface area contributed by atoms with Crippen LogP contribution in [0.1, 0.15) is 12.8 Å². The fourth-order valence-corrected chi connectivity index (χ4v) is 2.05. The van der Waals surface area contributed by atoms with E-state index in [-0.39, 0.29) is 17.7 Å². The smallest absolute Gasteiger partial charge is 0.224 e. The van der Waals surface area contributed by atoms with Crippen LogP contribution in [0.5, 0.6) is 0 Å². The second kappa shape index (κ2) is 6.59. The van der Waals surface area contributed by atoms with E-state index in [9.17, 15) is 0 Å². The second-order valence-corrected chi connectivity index (χ2v) is 4.70. The van der Waals surface area contributed by atoms with Gasteiger partial charge in [-0.2, -0.15) is 4.98 Å². The summed E-state index contributed by atoms with van der Waals surface area (Å²) in [4.78, 5) is 8.03. The van der Waals surface area contributed by atoms with Crippen LogP contribution in [0.15, 0.2) is 10.7 Å². The number of nitrogens with one attached hydrogen (secondary N) is 2. The van der Waals surface area contributed by atoms with Crippen LogP contribution in [0.3, 0.4) is 0 Å². The first kappa shape index (κ1) is 14.0. The Bertz CT molecular complexity index is 344. The Morgan fingerprint density at radius 1 is 1.44 bits per heavy atom. The van der Waals surface area contributed by atoms with Crippen LogP contribution < -0.4 is 10.6 Å². The Balaban J connectivity index is 0.00000128. The Morgan fingerprint density at radius 3 is 2.81 bits per heavy atom. The highest BCUT2D eigenvalue weighted by molar-refractivity contribution is 9.10. The molecule has 0 aliphatic carbocycles. The van der Waals surface area contributed by atoms with Gasteiger partial charge in [0.1, 0.15) is 5.82 Å². The molecule has 1 fully saturated rings. The maximum Gasteiger partial charge on any atom is 0.224 e. The van der Waals surface area contributed by atoms with Crippen molar-refractivity contribution in [2.45, 2.75) is 18.9 Å². The van der Waals surface area contributed by atoms with Gasteiger partial charge in [0.2, 0.25) is 5.28 Å². The van der Waals surface area contributed by atoms with E-state index in [1.807, 2.05) is 0 Å². The predicted molar refractivity (Wildman–Crippen MR) is 71.5 cm³/mol. The van der Waals surface area contributed by atoms with Crippen molar-refractivity contribution < 1.29 is 0 Å². The minimum absolute atomic E-state index is 0. The average molecular weight is 328 g/mol. The summed E-state index contributed by atoms with van der Waals surface area (Å²) in [7, 11) is 0. The minimum atomic E-state index is 0. The lowest BCUT2D eigenvalue weighted by molar-refractivity contribution is 0.478. The van der Waals surface area contributed by atoms with E-state index in [0.29, 0.717) is 6.04 Å². The first-order valence-electron chi connectivity index (χ1n) is 4.91. The van der Waals surface area contributed by atoms with Crippen LogP contribution in [-0.2, 0) is 0 Å². The van der Waals surface area contributed by atoms with Gasteiger partial charge >= 0.3 is 0 Å². The molecule has 0 atom stereocenters. The summed E-state index contributed by atoms with van der Waals surface area (Å²) in [5.41, 5.74) is 0. The predicted octanol–water partition coefficient (Wildman–Crippen LogP) is 2.48. The molecule has 1 saturated heterocycles. The van der Waals surface area contributed by atoms with Crippen LogP contribution in [0, 0.1) is 0 Å². The van der Waals surface area contributed by atoms with Crippen molar-refractivity contribution in [2.24, 2.45) is 0 Å². The van der Waals surface area contributed by atoms with E-state index in [2.05, 4.69) is 36.5 Å². The number of halogens is 3. The molecule has 1 aromatic rings. The Kier molecular flexibility index (Phi) is 5.75. The standard InChI is InChI=1S/C9H12BrClN4.ClH/c10-7-5-13-9(11)15-8(7)14-6-1-3-12-4-2-6;/h5-6,12H,1-4H2,(H,13,14,15);1H. The third-order valence-electron chi connectivity index (χ3n) is 2.39. The maximum atomic E-state index is 5.74. The summed E-state index contributed by atoms with van der Waals surface area (Å²) in [5, 5.41) is 6.96. The third-order valence-corrected chi connectivity index (χ3v) is 3.16. The highest BCUT2D eigenvalue weighted by Gasteiger charge is 2.14. The highest BCUT2D eigenvalue weighted by atomic mass is 79.9. The summed E-state index contributed by atoms with van der Waals surface area (Å²) in [6.07, 6.45) is 3.88. The van der Waals surface area contributed by atoms with Crippen LogP contribution in [0.4, 0.5) is 5.82 Å². The van der Waals surface area contributed by atoms with Gasteiger partial charge in [0.25, 0.3) is 0 Å². The SMILES string of the molecule is Cl.Clc1ncc(Br)c(NC2CCNCC2)n1. The van der Waals surface area contributed by atoms with Gasteiger partial charge in [-0.3, -0.25) is 0 Å². The molecule has 7 heteroatoms. The Hall–Kier alpha value is -0.100. The molecule has 0 bridgehead atoms. The fourth-order valence-electron chi connectivity index (χ4n) is 1.61. The number of aromatic nitrogens is 2. The molecule has 0 spiro atoms. The van der Waals surface area contributed by atoms with E-state index in [0.717, 1.165) is 36.2 Å². The highest BCUT2D eigenvalue weighted by Crippen LogP contribution is 2.22. The lowest BCUT2D eigenvalue weighted by Gasteiger charge is -2.24. The first-order valence-corrected chi connectivity index (χ1v) is 6.08. The zero-order valence-corrected chi connectivity index (χ0v) is 11.7. The van der Waals surface area contributed by atoms with Crippen LogP contribution >= 0.6 is 39.9 Å². The molecule has 2 rings (SSSR count). The van der Waals surface area contributed by atoms with Crippen molar-refractivity contribution in [3.63, 3.8) is 0 Å². The normalized spacial score (nSPS) is 16.6. The van der Waals surface area contributed by atoms with Gasteiger partial charge in [-0.15, -0.1) is 12.4 Å². The van der Waals surface area contributed by atoms with Gasteiger partial charge < -0.3 is 10.6 Å². The van der Waals surface area contributed by atoms with Crippen molar-refractivity contribution in [3.8, 4) is 0 Å². The topological polar surface area (TPSA) is 49.8 Å². The molecule has 0 radical (unpaired) electrons. The molecule has 1 aromatic heterocycles. The van der Waals surface area contributed by atoms with E-state index in [1.54, 1.807) is 6.20 Å². The quantitative estimate of drug-likeness (QED) is 0.819. The first-order chi connectivity index (χ1) is 7.25. The summed E-state index contributed by atoms with van der Waals surface area (Å²) < 4.78 is 0.852. The summed E-state index contributed by atoms with van der Waals surface area (Å²) in [5.74, 6) is 0.780. The van der Waals surface area contributed by atoms with Gasteiger partial charge in [-0.1, -0.05) is 0 Å². The minimum Gasteiger partial charge on any atom is -0.366 e. The van der Waals surface area contributed by atoms with Gasteiger partial charge in [0, 0.05) is 12.2 Å². The summed E-state index contributed by atoms with van der Waals surface area (Å²) in [6.45, 7) is 2.10. The molecule has 1 aliphatic rings. The second-order valence-electron chi connectivity index (χ2n) is 3.50. The number of rotatable bonds is 2. The van der Waals surface area contributed by atoms with Crippen molar-refractivity contribution >= 4 is 45.8 Å². The molecule has 0 amide bonds. The van der Waals surface area contributed by atoms with Crippen molar-refractivity contribution in [2.75, 3.05) is 18.4 Å². The van der Waals surface area contributed by atoms with E-state index < -0.39 is 0 Å². The summed E-state index contributed by atoms with van der Waals surface area (Å²) >= 11 is 9.13. The van der Waals surface area contributed by atoms with Gasteiger partial charge in [-0.05, 0) is 53.5 Å². The van der Waals surface area contributed by atoms with Crippen LogP contribution in [0.2, 0.25) is 5.28 Å². The van der Waals surface area contributed by atoms with Crippen molar-refractivity contribution in [1.29, 1.82) is 0 Å². The number of hydrogen-bond donors (Lipinski definition) is 2. The number of piperidine rings is 1. The average Bonchev–Trinajstić information content (AvgIpc) is 2.25. The van der Waals surface area contributed by atoms with Gasteiger partial charge in [-0.25, -0.2) is 4.98 Å². The third kappa shape index (κ3) is 3.73. The van der Waals surface area contributed by atoms with Crippen LogP contribution in [-0.4, -0.2) is 29.1 Å². The molecule has 2 heterocycles. The molecule has 0 aromatic carbocycles. The maximum absolute atomic E-state index is 5.74. The van der Waals surface area contributed by atoms with Crippen molar-refractivity contribution in [1.82, 2.24) is 15.3 Å². The number of hydrogen-bond acceptors (Lipinski definition) is 4. The zero-order valence-electron chi connectivity index (χ0n) is 8.54. The molecule has 16 heavy (non-hydrogen) atoms. The monoisotopic (exact) mass is 326 g/mol. The Labute approximate surface area is 114 Å². The molecular formula is C9H13BrCl2N4. The lowest BCUT2D eigenvalue weighted by Crippen LogP contribution is -2.35. The zero-order chi connectivity index (χ0) is 10.7. The number of nitrogens with zero attached hydrogens (tertiary/aromatic N) is 2. The van der Waals surface area contributed by atoms with E-state index in [4.69, 9.17) is 11.6 Å². The molecule has 0 saturated carbocycles. The van der Waals surface area contributed by atoms with Gasteiger partial charge in [0.05, 0.1) is 4.47 Å². The molecular weight excluding hydrogens is 315 g/mol. The Morgan fingerprint density at radius 2 is 2.12 bits per heavy atom. The number of anilines is 1. The van der Waals surface area contributed by atoms with Crippen molar-refractivity contribution in [3.05, 3.63) is 16.0 Å². The fraction of sp³-hybridized carbons (Fsp3) is 0.556. The molecule has 1 aliphatic heterocycles. The molecule has 0 unspecified atom stereocenters. The molecule has 2 N–H and O–H groups in total. The lowest BCUT2D eigenvalue weighted by atomic mass is 10.1.